The number of para-hydroxylation sites is 1. The van der Waals surface area contributed by atoms with Crippen LogP contribution in [0.4, 0.5) is 4.79 Å². The van der Waals surface area contributed by atoms with Crippen molar-refractivity contribution >= 4 is 6.09 Å². The first-order chi connectivity index (χ1) is 11.2. The summed E-state index contributed by atoms with van der Waals surface area (Å²) >= 11 is 0. The van der Waals surface area contributed by atoms with Gasteiger partial charge in [-0.2, -0.15) is 0 Å². The third-order valence-corrected chi connectivity index (χ3v) is 3.55. The maximum absolute atomic E-state index is 12.0. The molecule has 1 amide bonds. The quantitative estimate of drug-likeness (QED) is 0.761. The van der Waals surface area contributed by atoms with Crippen molar-refractivity contribution in [2.24, 2.45) is 5.92 Å². The summed E-state index contributed by atoms with van der Waals surface area (Å²) in [6.45, 7) is 9.99. The molecule has 0 saturated heterocycles. The number of benzene rings is 1. The molecular weight excluding hydrogens is 306 g/mol. The van der Waals surface area contributed by atoms with E-state index in [4.69, 9.17) is 14.6 Å². The van der Waals surface area contributed by atoms with Gasteiger partial charge in [-0.25, -0.2) is 4.79 Å². The molecule has 136 valence electrons. The third kappa shape index (κ3) is 7.68. The lowest BCUT2D eigenvalue weighted by Gasteiger charge is -2.26. The van der Waals surface area contributed by atoms with Crippen LogP contribution < -0.4 is 10.1 Å². The van der Waals surface area contributed by atoms with Crippen molar-refractivity contribution in [2.75, 3.05) is 13.2 Å². The molecule has 2 N–H and O–H groups in total. The highest BCUT2D eigenvalue weighted by Gasteiger charge is 2.21. The van der Waals surface area contributed by atoms with Crippen LogP contribution in [0.3, 0.4) is 0 Å². The van der Waals surface area contributed by atoms with Gasteiger partial charge in [0.05, 0.1) is 6.61 Å². The molecule has 0 unspecified atom stereocenters. The molecular formula is C19H31NO4. The minimum atomic E-state index is -0.504. The van der Waals surface area contributed by atoms with E-state index in [1.807, 2.05) is 45.0 Å². The SMILES string of the molecule is CC(C)[C@@H](CCc1ccccc1OCCO)NC(=O)OC(C)(C)C. The predicted octanol–water partition coefficient (Wildman–Crippen LogP) is 3.54. The van der Waals surface area contributed by atoms with Crippen LogP contribution in [0.1, 0.15) is 46.6 Å². The first-order valence-corrected chi connectivity index (χ1v) is 8.54. The lowest BCUT2D eigenvalue weighted by Crippen LogP contribution is -2.42. The van der Waals surface area contributed by atoms with Gasteiger partial charge in [-0.05, 0) is 51.2 Å². The van der Waals surface area contributed by atoms with Crippen LogP contribution in [0.2, 0.25) is 0 Å². The monoisotopic (exact) mass is 337 g/mol. The Balaban J connectivity index is 2.65. The molecule has 1 rings (SSSR count). The van der Waals surface area contributed by atoms with Crippen LogP contribution in [0.5, 0.6) is 5.75 Å². The number of aliphatic hydroxyl groups is 1. The van der Waals surface area contributed by atoms with Gasteiger partial charge in [0.25, 0.3) is 0 Å². The van der Waals surface area contributed by atoms with Gasteiger partial charge in [-0.1, -0.05) is 32.0 Å². The van der Waals surface area contributed by atoms with E-state index in [1.54, 1.807) is 0 Å². The minimum absolute atomic E-state index is 0.0108. The zero-order chi connectivity index (χ0) is 18.2. The van der Waals surface area contributed by atoms with Gasteiger partial charge in [0, 0.05) is 6.04 Å². The average molecular weight is 337 g/mol. The Kier molecular flexibility index (Phi) is 8.05. The molecule has 5 heteroatoms. The zero-order valence-electron chi connectivity index (χ0n) is 15.5. The number of aryl methyl sites for hydroxylation is 1. The Morgan fingerprint density at radius 3 is 2.50 bits per heavy atom. The molecule has 24 heavy (non-hydrogen) atoms. The van der Waals surface area contributed by atoms with Crippen molar-refractivity contribution in [2.45, 2.75) is 59.1 Å². The highest BCUT2D eigenvalue weighted by molar-refractivity contribution is 5.68. The van der Waals surface area contributed by atoms with E-state index in [0.717, 1.165) is 24.2 Å². The molecule has 1 atom stereocenters. The Morgan fingerprint density at radius 1 is 1.25 bits per heavy atom. The van der Waals surface area contributed by atoms with Crippen LogP contribution >= 0.6 is 0 Å². The largest absolute Gasteiger partial charge is 0.491 e. The number of hydrogen-bond donors (Lipinski definition) is 2. The predicted molar refractivity (Wildman–Crippen MR) is 95.3 cm³/mol. The van der Waals surface area contributed by atoms with E-state index in [0.29, 0.717) is 5.92 Å². The van der Waals surface area contributed by atoms with E-state index in [9.17, 15) is 4.79 Å². The third-order valence-electron chi connectivity index (χ3n) is 3.55. The van der Waals surface area contributed by atoms with Gasteiger partial charge >= 0.3 is 6.09 Å². The molecule has 0 heterocycles. The number of carbonyl (C=O) groups excluding carboxylic acids is 1. The van der Waals surface area contributed by atoms with Gasteiger partial charge in [0.1, 0.15) is 18.0 Å². The van der Waals surface area contributed by atoms with E-state index in [-0.39, 0.29) is 25.3 Å². The minimum Gasteiger partial charge on any atom is -0.491 e. The van der Waals surface area contributed by atoms with Gasteiger partial charge in [-0.15, -0.1) is 0 Å². The van der Waals surface area contributed by atoms with Crippen molar-refractivity contribution in [3.05, 3.63) is 29.8 Å². The maximum Gasteiger partial charge on any atom is 0.407 e. The number of hydrogen-bond acceptors (Lipinski definition) is 4. The van der Waals surface area contributed by atoms with Crippen molar-refractivity contribution in [3.63, 3.8) is 0 Å². The molecule has 0 radical (unpaired) electrons. The maximum atomic E-state index is 12.0. The Labute approximate surface area is 145 Å². The Bertz CT molecular complexity index is 508. The summed E-state index contributed by atoms with van der Waals surface area (Å²) in [7, 11) is 0. The molecule has 0 aliphatic heterocycles. The Hall–Kier alpha value is -1.75. The molecule has 0 fully saturated rings. The van der Waals surface area contributed by atoms with E-state index < -0.39 is 5.60 Å². The van der Waals surface area contributed by atoms with E-state index in [2.05, 4.69) is 19.2 Å². The second-order valence-electron chi connectivity index (χ2n) is 7.22. The summed E-state index contributed by atoms with van der Waals surface area (Å²) in [5, 5.41) is 11.9. The summed E-state index contributed by atoms with van der Waals surface area (Å²) < 4.78 is 10.9. The fourth-order valence-corrected chi connectivity index (χ4v) is 2.35. The van der Waals surface area contributed by atoms with E-state index in [1.165, 1.54) is 0 Å². The highest BCUT2D eigenvalue weighted by atomic mass is 16.6. The van der Waals surface area contributed by atoms with Gasteiger partial charge < -0.3 is 19.9 Å². The molecule has 0 saturated carbocycles. The van der Waals surface area contributed by atoms with Gasteiger partial charge in [-0.3, -0.25) is 0 Å². The number of amides is 1. The Morgan fingerprint density at radius 2 is 1.92 bits per heavy atom. The van der Waals surface area contributed by atoms with Crippen molar-refractivity contribution in [1.82, 2.24) is 5.32 Å². The number of carbonyl (C=O) groups is 1. The first-order valence-electron chi connectivity index (χ1n) is 8.54. The van der Waals surface area contributed by atoms with Crippen molar-refractivity contribution in [1.29, 1.82) is 0 Å². The lowest BCUT2D eigenvalue weighted by atomic mass is 9.96. The topological polar surface area (TPSA) is 67.8 Å². The normalized spacial score (nSPS) is 12.8. The van der Waals surface area contributed by atoms with Crippen molar-refractivity contribution < 1.29 is 19.4 Å². The van der Waals surface area contributed by atoms with Crippen molar-refractivity contribution in [3.8, 4) is 5.75 Å². The number of rotatable bonds is 8. The average Bonchev–Trinajstić information content (AvgIpc) is 2.48. The summed E-state index contributed by atoms with van der Waals surface area (Å²) in [6, 6.07) is 7.81. The van der Waals surface area contributed by atoms with Crippen LogP contribution in [-0.4, -0.2) is 36.1 Å². The van der Waals surface area contributed by atoms with Crippen LogP contribution in [0.15, 0.2) is 24.3 Å². The summed E-state index contributed by atoms with van der Waals surface area (Å²) in [6.07, 6.45) is 1.18. The highest BCUT2D eigenvalue weighted by Crippen LogP contribution is 2.21. The number of aliphatic hydroxyl groups excluding tert-OH is 1. The standard InChI is InChI=1S/C19H31NO4/c1-14(2)16(20-18(22)24-19(3,4)5)11-10-15-8-6-7-9-17(15)23-13-12-21/h6-9,14,16,21H,10-13H2,1-5H3,(H,20,22)/t16-/m1/s1. The van der Waals surface area contributed by atoms with Crippen LogP contribution in [-0.2, 0) is 11.2 Å². The van der Waals surface area contributed by atoms with Gasteiger partial charge in [0.15, 0.2) is 0 Å². The molecule has 5 nitrogen and oxygen atoms in total. The van der Waals surface area contributed by atoms with Crippen LogP contribution in [0, 0.1) is 5.92 Å². The van der Waals surface area contributed by atoms with E-state index >= 15 is 0 Å². The second kappa shape index (κ2) is 9.52. The van der Waals surface area contributed by atoms with Crippen LogP contribution in [0.25, 0.3) is 0 Å². The van der Waals surface area contributed by atoms with Gasteiger partial charge in [0.2, 0.25) is 0 Å². The number of nitrogens with one attached hydrogen (secondary N) is 1. The molecule has 0 bridgehead atoms. The number of ether oxygens (including phenoxy) is 2. The molecule has 0 aliphatic carbocycles. The number of alkyl carbamates (subject to hydrolysis) is 1. The molecule has 1 aromatic carbocycles. The molecule has 0 aliphatic rings. The first kappa shape index (κ1) is 20.3. The lowest BCUT2D eigenvalue weighted by molar-refractivity contribution is 0.0487. The molecule has 1 aromatic rings. The molecule has 0 spiro atoms. The summed E-state index contributed by atoms with van der Waals surface area (Å²) in [5.41, 5.74) is 0.568. The summed E-state index contributed by atoms with van der Waals surface area (Å²) in [5.74, 6) is 1.08. The molecule has 0 aromatic heterocycles. The summed E-state index contributed by atoms with van der Waals surface area (Å²) in [4.78, 5) is 12.0. The fourth-order valence-electron chi connectivity index (χ4n) is 2.35. The second-order valence-corrected chi connectivity index (χ2v) is 7.22. The smallest absolute Gasteiger partial charge is 0.407 e. The fraction of sp³-hybridized carbons (Fsp3) is 0.632. The zero-order valence-corrected chi connectivity index (χ0v) is 15.5.